The number of hydrogen-bond donors (Lipinski definition) is 1. The fraction of sp³-hybridized carbons (Fsp3) is 0.308. The Morgan fingerprint density at radius 1 is 1.26 bits per heavy atom. The summed E-state index contributed by atoms with van der Waals surface area (Å²) in [4.78, 5) is 3.71. The number of pyridine rings is 1. The van der Waals surface area contributed by atoms with Gasteiger partial charge in [-0.25, -0.2) is 4.98 Å². The molecule has 6 heteroatoms. The van der Waals surface area contributed by atoms with Gasteiger partial charge in [-0.15, -0.1) is 0 Å². The third-order valence-corrected chi connectivity index (χ3v) is 2.95. The van der Waals surface area contributed by atoms with Crippen LogP contribution in [0.1, 0.15) is 11.3 Å². The first-order valence-corrected chi connectivity index (χ1v) is 5.61. The van der Waals surface area contributed by atoms with Gasteiger partial charge < -0.3 is 10.1 Å². The fourth-order valence-corrected chi connectivity index (χ4v) is 2.06. The number of benzene rings is 1. The van der Waals surface area contributed by atoms with E-state index in [1.807, 2.05) is 0 Å². The van der Waals surface area contributed by atoms with Crippen LogP contribution in [0.5, 0.6) is 5.75 Å². The number of nitrogens with one attached hydrogen (secondary N) is 1. The van der Waals surface area contributed by atoms with Crippen molar-refractivity contribution < 1.29 is 17.9 Å². The monoisotopic (exact) mass is 270 g/mol. The predicted molar refractivity (Wildman–Crippen MR) is 67.6 cm³/mol. The standard InChI is InChI=1S/C13H13F3N2O/c1-7-11(17-2)9-6-8(19-3)4-5-10(9)18-12(7)13(14,15)16/h4-6H,1-3H3,(H,17,18). The Hall–Kier alpha value is -1.98. The molecule has 19 heavy (non-hydrogen) atoms. The van der Waals surface area contributed by atoms with Gasteiger partial charge in [0.05, 0.1) is 12.6 Å². The van der Waals surface area contributed by atoms with Crippen molar-refractivity contribution in [2.45, 2.75) is 13.1 Å². The molecule has 0 saturated heterocycles. The maximum absolute atomic E-state index is 12.9. The molecular weight excluding hydrogens is 257 g/mol. The Morgan fingerprint density at radius 3 is 2.47 bits per heavy atom. The highest BCUT2D eigenvalue weighted by Crippen LogP contribution is 2.37. The molecule has 0 aliphatic rings. The lowest BCUT2D eigenvalue weighted by Crippen LogP contribution is -2.12. The van der Waals surface area contributed by atoms with Gasteiger partial charge in [0.2, 0.25) is 0 Å². The van der Waals surface area contributed by atoms with Gasteiger partial charge in [-0.05, 0) is 25.1 Å². The molecule has 102 valence electrons. The molecule has 0 aliphatic carbocycles. The third kappa shape index (κ3) is 2.30. The predicted octanol–water partition coefficient (Wildman–Crippen LogP) is 3.61. The lowest BCUT2D eigenvalue weighted by Gasteiger charge is -2.16. The summed E-state index contributed by atoms with van der Waals surface area (Å²) in [6, 6.07) is 4.77. The van der Waals surface area contributed by atoms with Crippen LogP contribution < -0.4 is 10.1 Å². The molecule has 1 aromatic carbocycles. The first-order chi connectivity index (χ1) is 8.88. The number of aromatic nitrogens is 1. The second kappa shape index (κ2) is 4.60. The topological polar surface area (TPSA) is 34.2 Å². The summed E-state index contributed by atoms with van der Waals surface area (Å²) < 4.78 is 43.9. The highest BCUT2D eigenvalue weighted by molar-refractivity contribution is 5.94. The maximum Gasteiger partial charge on any atom is 0.433 e. The van der Waals surface area contributed by atoms with Crippen molar-refractivity contribution in [3.05, 3.63) is 29.5 Å². The second-order valence-electron chi connectivity index (χ2n) is 4.09. The number of nitrogens with zero attached hydrogens (tertiary/aromatic N) is 1. The van der Waals surface area contributed by atoms with Crippen molar-refractivity contribution in [3.8, 4) is 5.75 Å². The molecule has 1 aromatic heterocycles. The van der Waals surface area contributed by atoms with Crippen LogP contribution in [0.4, 0.5) is 18.9 Å². The minimum absolute atomic E-state index is 0.0794. The van der Waals surface area contributed by atoms with E-state index in [0.29, 0.717) is 16.8 Å². The average Bonchev–Trinajstić information content (AvgIpc) is 2.36. The molecule has 0 amide bonds. The molecule has 0 atom stereocenters. The smallest absolute Gasteiger partial charge is 0.433 e. The Kier molecular flexibility index (Phi) is 3.26. The third-order valence-electron chi connectivity index (χ3n) is 2.95. The molecule has 0 saturated carbocycles. The number of rotatable bonds is 2. The Morgan fingerprint density at radius 2 is 1.95 bits per heavy atom. The SMILES string of the molecule is CNc1c(C)c(C(F)(F)F)nc2ccc(OC)cc12. The summed E-state index contributed by atoms with van der Waals surface area (Å²) in [5, 5.41) is 3.41. The molecule has 2 rings (SSSR count). The minimum atomic E-state index is -4.47. The van der Waals surface area contributed by atoms with Crippen LogP contribution in [0.15, 0.2) is 18.2 Å². The highest BCUT2D eigenvalue weighted by Gasteiger charge is 2.35. The average molecular weight is 270 g/mol. The number of fused-ring (bicyclic) bond motifs is 1. The van der Waals surface area contributed by atoms with Gasteiger partial charge in [-0.1, -0.05) is 0 Å². The van der Waals surface area contributed by atoms with E-state index in [1.54, 1.807) is 19.2 Å². The molecule has 0 unspecified atom stereocenters. The van der Waals surface area contributed by atoms with Crippen LogP contribution >= 0.6 is 0 Å². The van der Waals surface area contributed by atoms with Gasteiger partial charge in [0, 0.05) is 23.7 Å². The van der Waals surface area contributed by atoms with Gasteiger partial charge in [0.1, 0.15) is 11.4 Å². The number of hydrogen-bond acceptors (Lipinski definition) is 3. The number of methoxy groups -OCH3 is 1. The molecular formula is C13H13F3N2O. The molecule has 3 nitrogen and oxygen atoms in total. The maximum atomic E-state index is 12.9. The number of anilines is 1. The molecule has 1 N–H and O–H groups in total. The van der Waals surface area contributed by atoms with Crippen molar-refractivity contribution in [3.63, 3.8) is 0 Å². The molecule has 0 radical (unpaired) electrons. The molecule has 0 spiro atoms. The Balaban J connectivity index is 2.82. The van der Waals surface area contributed by atoms with Crippen LogP contribution in [-0.2, 0) is 6.18 Å². The van der Waals surface area contributed by atoms with Crippen LogP contribution in [0.2, 0.25) is 0 Å². The van der Waals surface area contributed by atoms with Gasteiger partial charge in [0.25, 0.3) is 0 Å². The van der Waals surface area contributed by atoms with E-state index in [-0.39, 0.29) is 11.1 Å². The molecule has 0 fully saturated rings. The second-order valence-corrected chi connectivity index (χ2v) is 4.09. The number of alkyl halides is 3. The Labute approximate surface area is 108 Å². The van der Waals surface area contributed by atoms with Gasteiger partial charge >= 0.3 is 6.18 Å². The van der Waals surface area contributed by atoms with E-state index in [1.165, 1.54) is 20.1 Å². The minimum Gasteiger partial charge on any atom is -0.497 e. The lowest BCUT2D eigenvalue weighted by atomic mass is 10.1. The van der Waals surface area contributed by atoms with Crippen molar-refractivity contribution in [1.29, 1.82) is 0 Å². The van der Waals surface area contributed by atoms with Crippen LogP contribution in [0, 0.1) is 6.92 Å². The Bertz CT molecular complexity index is 623. The first-order valence-electron chi connectivity index (χ1n) is 5.61. The van der Waals surface area contributed by atoms with Crippen molar-refractivity contribution in [2.24, 2.45) is 0 Å². The lowest BCUT2D eigenvalue weighted by molar-refractivity contribution is -0.141. The summed E-state index contributed by atoms with van der Waals surface area (Å²) in [6.45, 7) is 1.40. The largest absolute Gasteiger partial charge is 0.497 e. The fourth-order valence-electron chi connectivity index (χ4n) is 2.06. The summed E-state index contributed by atoms with van der Waals surface area (Å²) in [5.41, 5.74) is -0.0930. The zero-order valence-electron chi connectivity index (χ0n) is 10.7. The van der Waals surface area contributed by atoms with Crippen molar-refractivity contribution >= 4 is 16.6 Å². The van der Waals surface area contributed by atoms with Gasteiger partial charge in [-0.3, -0.25) is 0 Å². The summed E-state index contributed by atoms with van der Waals surface area (Å²) >= 11 is 0. The molecule has 1 heterocycles. The van der Waals surface area contributed by atoms with E-state index >= 15 is 0 Å². The summed E-state index contributed by atoms with van der Waals surface area (Å²) in [5.74, 6) is 0.574. The van der Waals surface area contributed by atoms with Crippen molar-refractivity contribution in [1.82, 2.24) is 4.98 Å². The quantitative estimate of drug-likeness (QED) is 0.905. The van der Waals surface area contributed by atoms with Crippen LogP contribution in [0.3, 0.4) is 0 Å². The van der Waals surface area contributed by atoms with Gasteiger partial charge in [-0.2, -0.15) is 13.2 Å². The summed E-state index contributed by atoms with van der Waals surface area (Å²) in [7, 11) is 3.09. The summed E-state index contributed by atoms with van der Waals surface area (Å²) in [6.07, 6.45) is -4.47. The molecule has 0 aliphatic heterocycles. The number of ether oxygens (including phenoxy) is 1. The highest BCUT2D eigenvalue weighted by atomic mass is 19.4. The van der Waals surface area contributed by atoms with Gasteiger partial charge in [0.15, 0.2) is 0 Å². The zero-order chi connectivity index (χ0) is 14.2. The number of halogens is 3. The van der Waals surface area contributed by atoms with Crippen LogP contribution in [0.25, 0.3) is 10.9 Å². The van der Waals surface area contributed by atoms with E-state index < -0.39 is 11.9 Å². The van der Waals surface area contributed by atoms with E-state index in [9.17, 15) is 13.2 Å². The zero-order valence-corrected chi connectivity index (χ0v) is 10.7. The van der Waals surface area contributed by atoms with E-state index in [0.717, 1.165) is 0 Å². The van der Waals surface area contributed by atoms with E-state index in [4.69, 9.17) is 4.74 Å². The van der Waals surface area contributed by atoms with Crippen molar-refractivity contribution in [2.75, 3.05) is 19.5 Å². The van der Waals surface area contributed by atoms with E-state index in [2.05, 4.69) is 10.3 Å². The molecule has 0 bridgehead atoms. The first kappa shape index (κ1) is 13.5. The molecule has 2 aromatic rings. The normalized spacial score (nSPS) is 11.7. The van der Waals surface area contributed by atoms with Crippen LogP contribution in [-0.4, -0.2) is 19.1 Å².